The molecule has 2 N–H and O–H groups in total. The molecule has 0 saturated carbocycles. The summed E-state index contributed by atoms with van der Waals surface area (Å²) in [5.41, 5.74) is 8.64. The average molecular weight is 326 g/mol. The van der Waals surface area contributed by atoms with Crippen molar-refractivity contribution in [1.29, 1.82) is 0 Å². The maximum Gasteiger partial charge on any atom is 0.239 e. The number of hydrogen-bond donors (Lipinski definition) is 1. The van der Waals surface area contributed by atoms with E-state index in [4.69, 9.17) is 5.73 Å². The van der Waals surface area contributed by atoms with Gasteiger partial charge in [0, 0.05) is 32.7 Å². The highest BCUT2D eigenvalue weighted by atomic mass is 35.5. The molecule has 1 aliphatic heterocycles. The molecule has 22 heavy (non-hydrogen) atoms. The van der Waals surface area contributed by atoms with Crippen molar-refractivity contribution in [2.45, 2.75) is 39.3 Å². The Morgan fingerprint density at radius 1 is 1.23 bits per heavy atom. The van der Waals surface area contributed by atoms with Gasteiger partial charge in [-0.15, -0.1) is 12.4 Å². The Hall–Kier alpha value is -1.10. The second kappa shape index (κ2) is 9.13. The molecule has 0 aliphatic carbocycles. The van der Waals surface area contributed by atoms with Crippen LogP contribution in [0.2, 0.25) is 0 Å². The van der Waals surface area contributed by atoms with Crippen LogP contribution in [-0.4, -0.2) is 47.9 Å². The molecular formula is C17H28ClN3O. The monoisotopic (exact) mass is 325 g/mol. The summed E-state index contributed by atoms with van der Waals surface area (Å²) in [6, 6.07) is 8.18. The van der Waals surface area contributed by atoms with E-state index in [9.17, 15) is 4.79 Å². The summed E-state index contributed by atoms with van der Waals surface area (Å²) in [5, 5.41) is 0. The van der Waals surface area contributed by atoms with E-state index in [-0.39, 0.29) is 24.4 Å². The molecule has 124 valence electrons. The molecule has 4 nitrogen and oxygen atoms in total. The van der Waals surface area contributed by atoms with Gasteiger partial charge in [-0.1, -0.05) is 37.6 Å². The van der Waals surface area contributed by atoms with Crippen LogP contribution in [0.5, 0.6) is 0 Å². The summed E-state index contributed by atoms with van der Waals surface area (Å²) < 4.78 is 0. The number of hydrogen-bond acceptors (Lipinski definition) is 3. The first-order valence-electron chi connectivity index (χ1n) is 7.93. The maximum absolute atomic E-state index is 12.2. The summed E-state index contributed by atoms with van der Waals surface area (Å²) in [7, 11) is 0. The summed E-state index contributed by atoms with van der Waals surface area (Å²) in [6.45, 7) is 8.63. The lowest BCUT2D eigenvalue weighted by Crippen LogP contribution is -2.52. The molecule has 0 bridgehead atoms. The van der Waals surface area contributed by atoms with Crippen molar-refractivity contribution in [3.8, 4) is 0 Å². The number of benzene rings is 1. The number of piperazine rings is 1. The zero-order chi connectivity index (χ0) is 15.2. The molecule has 1 aliphatic rings. The molecule has 1 saturated heterocycles. The fraction of sp³-hybridized carbons (Fsp3) is 0.588. The largest absolute Gasteiger partial charge is 0.339 e. The molecule has 2 rings (SSSR count). The number of carbonyl (C=O) groups is 1. The molecule has 1 aromatic rings. The molecule has 1 heterocycles. The second-order valence-corrected chi connectivity index (χ2v) is 5.92. The Morgan fingerprint density at radius 2 is 1.86 bits per heavy atom. The Balaban J connectivity index is 0.00000242. The molecule has 0 spiro atoms. The Bertz CT molecular complexity index is 473. The highest BCUT2D eigenvalue weighted by Gasteiger charge is 2.24. The van der Waals surface area contributed by atoms with Gasteiger partial charge >= 0.3 is 0 Å². The average Bonchev–Trinajstić information content (AvgIpc) is 2.50. The van der Waals surface area contributed by atoms with Crippen molar-refractivity contribution >= 4 is 18.3 Å². The minimum atomic E-state index is -0.321. The predicted octanol–water partition coefficient (Wildman–Crippen LogP) is 2.19. The molecule has 1 atom stereocenters. The Labute approximate surface area is 140 Å². The number of aryl methyl sites for hydroxylation is 1. The molecule has 1 fully saturated rings. The van der Waals surface area contributed by atoms with Crippen LogP contribution in [0.4, 0.5) is 0 Å². The van der Waals surface area contributed by atoms with Gasteiger partial charge in [-0.3, -0.25) is 9.69 Å². The third-order valence-electron chi connectivity index (χ3n) is 4.26. The first-order chi connectivity index (χ1) is 10.1. The number of nitrogens with zero attached hydrogens (tertiary/aromatic N) is 2. The van der Waals surface area contributed by atoms with E-state index in [1.165, 1.54) is 11.1 Å². The Morgan fingerprint density at radius 3 is 2.45 bits per heavy atom. The third-order valence-corrected chi connectivity index (χ3v) is 4.26. The summed E-state index contributed by atoms with van der Waals surface area (Å²) in [6.07, 6.45) is 1.74. The van der Waals surface area contributed by atoms with Gasteiger partial charge in [0.25, 0.3) is 0 Å². The summed E-state index contributed by atoms with van der Waals surface area (Å²) >= 11 is 0. The van der Waals surface area contributed by atoms with Crippen molar-refractivity contribution in [1.82, 2.24) is 9.80 Å². The fourth-order valence-electron chi connectivity index (χ4n) is 2.82. The smallest absolute Gasteiger partial charge is 0.239 e. The van der Waals surface area contributed by atoms with Crippen LogP contribution in [0, 0.1) is 6.92 Å². The van der Waals surface area contributed by atoms with Gasteiger partial charge in [0.05, 0.1) is 6.04 Å². The minimum Gasteiger partial charge on any atom is -0.339 e. The van der Waals surface area contributed by atoms with Crippen LogP contribution < -0.4 is 5.73 Å². The first-order valence-corrected chi connectivity index (χ1v) is 7.93. The number of amides is 1. The lowest BCUT2D eigenvalue weighted by molar-refractivity contribution is -0.134. The Kier molecular flexibility index (Phi) is 7.87. The van der Waals surface area contributed by atoms with Crippen LogP contribution in [0.1, 0.15) is 30.9 Å². The predicted molar refractivity (Wildman–Crippen MR) is 93.2 cm³/mol. The van der Waals surface area contributed by atoms with Crippen molar-refractivity contribution in [3.05, 3.63) is 35.4 Å². The van der Waals surface area contributed by atoms with Crippen LogP contribution in [-0.2, 0) is 11.3 Å². The van der Waals surface area contributed by atoms with Gasteiger partial charge in [0.1, 0.15) is 0 Å². The van der Waals surface area contributed by atoms with Gasteiger partial charge in [0.2, 0.25) is 5.91 Å². The van der Waals surface area contributed by atoms with E-state index in [0.717, 1.165) is 45.6 Å². The van der Waals surface area contributed by atoms with Crippen LogP contribution in [0.25, 0.3) is 0 Å². The lowest BCUT2D eigenvalue weighted by Gasteiger charge is -2.36. The summed E-state index contributed by atoms with van der Waals surface area (Å²) in [5.74, 6) is 0.118. The van der Waals surface area contributed by atoms with Crippen molar-refractivity contribution in [3.63, 3.8) is 0 Å². The van der Waals surface area contributed by atoms with Crippen molar-refractivity contribution in [2.24, 2.45) is 5.73 Å². The van der Waals surface area contributed by atoms with Gasteiger partial charge in [0.15, 0.2) is 0 Å². The number of rotatable bonds is 5. The van der Waals surface area contributed by atoms with Crippen molar-refractivity contribution in [2.75, 3.05) is 26.2 Å². The van der Waals surface area contributed by atoms with E-state index in [1.807, 2.05) is 4.90 Å². The molecule has 0 radical (unpaired) electrons. The lowest BCUT2D eigenvalue weighted by atomic mass is 10.1. The van der Waals surface area contributed by atoms with E-state index in [1.54, 1.807) is 0 Å². The van der Waals surface area contributed by atoms with Gasteiger partial charge in [-0.25, -0.2) is 0 Å². The van der Waals surface area contributed by atoms with Gasteiger partial charge in [-0.05, 0) is 24.5 Å². The quantitative estimate of drug-likeness (QED) is 0.902. The highest BCUT2D eigenvalue weighted by Crippen LogP contribution is 2.13. The number of nitrogens with two attached hydrogens (primary N) is 1. The summed E-state index contributed by atoms with van der Waals surface area (Å²) in [4.78, 5) is 16.5. The molecule has 1 unspecified atom stereocenters. The third kappa shape index (κ3) is 4.97. The molecule has 0 aromatic heterocycles. The van der Waals surface area contributed by atoms with Crippen LogP contribution >= 0.6 is 12.4 Å². The van der Waals surface area contributed by atoms with E-state index >= 15 is 0 Å². The standard InChI is InChI=1S/C17H27N3O.ClH/c1-3-6-16(18)17(21)20-11-9-19(10-12-20)13-15-8-5-4-7-14(15)2;/h4-5,7-8,16H,3,6,9-13,18H2,1-2H3;1H. The highest BCUT2D eigenvalue weighted by molar-refractivity contribution is 5.85. The zero-order valence-electron chi connectivity index (χ0n) is 13.6. The molecule has 1 amide bonds. The maximum atomic E-state index is 12.2. The van der Waals surface area contributed by atoms with E-state index in [0.29, 0.717) is 0 Å². The zero-order valence-corrected chi connectivity index (χ0v) is 14.4. The van der Waals surface area contributed by atoms with Crippen LogP contribution in [0.3, 0.4) is 0 Å². The van der Waals surface area contributed by atoms with E-state index in [2.05, 4.69) is 43.0 Å². The molecule has 1 aromatic carbocycles. The number of carbonyl (C=O) groups excluding carboxylic acids is 1. The molecule has 5 heteroatoms. The normalized spacial score (nSPS) is 17.0. The van der Waals surface area contributed by atoms with E-state index < -0.39 is 0 Å². The first kappa shape index (κ1) is 18.9. The molecular weight excluding hydrogens is 298 g/mol. The fourth-order valence-corrected chi connectivity index (χ4v) is 2.82. The van der Waals surface area contributed by atoms with Crippen molar-refractivity contribution < 1.29 is 4.79 Å². The van der Waals surface area contributed by atoms with Gasteiger partial charge < -0.3 is 10.6 Å². The SMILES string of the molecule is CCCC(N)C(=O)N1CCN(Cc2ccccc2C)CC1.Cl. The van der Waals surface area contributed by atoms with Crippen LogP contribution in [0.15, 0.2) is 24.3 Å². The van der Waals surface area contributed by atoms with Gasteiger partial charge in [-0.2, -0.15) is 0 Å². The topological polar surface area (TPSA) is 49.6 Å². The number of halogens is 1. The minimum absolute atomic E-state index is 0. The second-order valence-electron chi connectivity index (χ2n) is 5.92.